The van der Waals surface area contributed by atoms with Crippen molar-refractivity contribution in [2.45, 2.75) is 59.0 Å². The molecule has 2 rings (SSSR count). The van der Waals surface area contributed by atoms with Crippen molar-refractivity contribution in [3.8, 4) is 17.2 Å². The Balaban J connectivity index is 1.81. The van der Waals surface area contributed by atoms with Crippen LogP contribution in [0.3, 0.4) is 0 Å². The summed E-state index contributed by atoms with van der Waals surface area (Å²) in [7, 11) is 1.57. The number of amides is 1. The first-order valence-electron chi connectivity index (χ1n) is 11.4. The van der Waals surface area contributed by atoms with E-state index in [-0.39, 0.29) is 23.8 Å². The highest BCUT2D eigenvalue weighted by Gasteiger charge is 2.24. The molecule has 0 atom stereocenters. The number of nitrogen functional groups attached to an aromatic ring is 1. The maximum Gasteiger partial charge on any atom is 0.258 e. The minimum atomic E-state index is -0.0595. The number of hydrogen-bond donors (Lipinski definition) is 2. The van der Waals surface area contributed by atoms with Gasteiger partial charge in [0.05, 0.1) is 25.9 Å². The van der Waals surface area contributed by atoms with Crippen molar-refractivity contribution >= 4 is 11.7 Å². The normalized spacial score (nSPS) is 10.9. The van der Waals surface area contributed by atoms with E-state index in [4.69, 9.17) is 25.4 Å². The predicted octanol–water partition coefficient (Wildman–Crippen LogP) is 4.87. The van der Waals surface area contributed by atoms with Crippen LogP contribution >= 0.6 is 0 Å². The summed E-state index contributed by atoms with van der Waals surface area (Å²) in [5.41, 5.74) is 6.65. The van der Waals surface area contributed by atoms with Gasteiger partial charge in [0.2, 0.25) is 0 Å². The molecular weight excluding hydrogens is 418 g/mol. The summed E-state index contributed by atoms with van der Waals surface area (Å²) in [6.07, 6.45) is 2.75. The number of unbranched alkanes of at least 4 members (excludes halogenated alkanes) is 2. The maximum atomic E-state index is 13.1. The first kappa shape index (κ1) is 26.0. The Bertz CT molecular complexity index is 902. The Kier molecular flexibility index (Phi) is 10.0. The first-order chi connectivity index (χ1) is 15.7. The summed E-state index contributed by atoms with van der Waals surface area (Å²) in [5.74, 6) is 1.96. The highest BCUT2D eigenvalue weighted by atomic mass is 16.5. The molecule has 0 bridgehead atoms. The number of nitrogens with one attached hydrogen (secondary N) is 1. The van der Waals surface area contributed by atoms with Crippen LogP contribution in [-0.2, 0) is 0 Å². The van der Waals surface area contributed by atoms with Crippen LogP contribution < -0.4 is 19.9 Å². The van der Waals surface area contributed by atoms with Crippen molar-refractivity contribution in [2.75, 3.05) is 20.3 Å². The topological polar surface area (TPSA) is 97.9 Å². The number of nitrogens with zero attached hydrogens (tertiary/aromatic N) is 1. The van der Waals surface area contributed by atoms with Gasteiger partial charge in [-0.3, -0.25) is 10.2 Å². The van der Waals surface area contributed by atoms with E-state index >= 15 is 0 Å². The van der Waals surface area contributed by atoms with Gasteiger partial charge in [-0.1, -0.05) is 0 Å². The first-order valence-corrected chi connectivity index (χ1v) is 11.4. The van der Waals surface area contributed by atoms with E-state index in [1.54, 1.807) is 31.4 Å². The molecule has 0 aliphatic heterocycles. The van der Waals surface area contributed by atoms with Crippen molar-refractivity contribution in [1.29, 1.82) is 5.41 Å². The van der Waals surface area contributed by atoms with Gasteiger partial charge in [0.1, 0.15) is 23.1 Å². The average Bonchev–Trinajstić information content (AvgIpc) is 2.78. The molecule has 7 heteroatoms. The largest absolute Gasteiger partial charge is 0.496 e. The monoisotopic (exact) mass is 455 g/mol. The molecule has 33 heavy (non-hydrogen) atoms. The Hall–Kier alpha value is -3.22. The molecule has 3 N–H and O–H groups in total. The number of nitrogens with two attached hydrogens (primary N) is 1. The highest BCUT2D eigenvalue weighted by Crippen LogP contribution is 2.27. The second kappa shape index (κ2) is 12.7. The highest BCUT2D eigenvalue weighted by molar-refractivity contribution is 5.97. The minimum absolute atomic E-state index is 0.0482. The fourth-order valence-corrected chi connectivity index (χ4v) is 3.64. The van der Waals surface area contributed by atoms with Gasteiger partial charge in [-0.25, -0.2) is 0 Å². The summed E-state index contributed by atoms with van der Waals surface area (Å²) < 4.78 is 17.0. The molecule has 0 radical (unpaired) electrons. The second-order valence-corrected chi connectivity index (χ2v) is 8.46. The Labute approximate surface area is 197 Å². The molecule has 0 aliphatic carbocycles. The molecule has 0 heterocycles. The van der Waals surface area contributed by atoms with E-state index in [2.05, 4.69) is 0 Å². The SMILES string of the molecule is COc1ccc(OCCCCCOc2ccc(C(=N)N)cc2)cc1C(=O)N(C(C)C)C(C)C. The van der Waals surface area contributed by atoms with E-state index in [1.165, 1.54) is 0 Å². The van der Waals surface area contributed by atoms with Crippen molar-refractivity contribution in [3.63, 3.8) is 0 Å². The van der Waals surface area contributed by atoms with Gasteiger partial charge in [0.25, 0.3) is 5.91 Å². The summed E-state index contributed by atoms with van der Waals surface area (Å²) in [6, 6.07) is 12.8. The molecule has 0 aromatic heterocycles. The quantitative estimate of drug-likeness (QED) is 0.255. The Morgan fingerprint density at radius 2 is 1.45 bits per heavy atom. The van der Waals surface area contributed by atoms with Gasteiger partial charge in [-0.2, -0.15) is 0 Å². The molecule has 0 fully saturated rings. The summed E-state index contributed by atoms with van der Waals surface area (Å²) >= 11 is 0. The fourth-order valence-electron chi connectivity index (χ4n) is 3.64. The maximum absolute atomic E-state index is 13.1. The molecule has 180 valence electrons. The van der Waals surface area contributed by atoms with Gasteiger partial charge in [-0.05, 0) is 89.4 Å². The smallest absolute Gasteiger partial charge is 0.258 e. The molecule has 1 amide bonds. The van der Waals surface area contributed by atoms with Crippen LogP contribution in [0.2, 0.25) is 0 Å². The lowest BCUT2D eigenvalue weighted by Gasteiger charge is -2.31. The van der Waals surface area contributed by atoms with Crippen LogP contribution in [0.1, 0.15) is 62.9 Å². The molecule has 0 spiro atoms. The van der Waals surface area contributed by atoms with E-state index in [0.29, 0.717) is 35.8 Å². The third-order valence-corrected chi connectivity index (χ3v) is 5.24. The van der Waals surface area contributed by atoms with Crippen LogP contribution in [-0.4, -0.2) is 49.0 Å². The van der Waals surface area contributed by atoms with Crippen LogP contribution in [0.25, 0.3) is 0 Å². The van der Waals surface area contributed by atoms with Gasteiger partial charge < -0.3 is 24.8 Å². The Morgan fingerprint density at radius 3 is 1.97 bits per heavy atom. The molecule has 2 aromatic carbocycles. The van der Waals surface area contributed by atoms with Crippen LogP contribution in [0.5, 0.6) is 17.2 Å². The van der Waals surface area contributed by atoms with E-state index in [0.717, 1.165) is 25.0 Å². The van der Waals surface area contributed by atoms with Gasteiger partial charge in [0.15, 0.2) is 0 Å². The molecule has 0 saturated carbocycles. The van der Waals surface area contributed by atoms with E-state index < -0.39 is 0 Å². The third-order valence-electron chi connectivity index (χ3n) is 5.24. The van der Waals surface area contributed by atoms with E-state index in [9.17, 15) is 4.79 Å². The van der Waals surface area contributed by atoms with Crippen molar-refractivity contribution in [1.82, 2.24) is 4.90 Å². The number of carbonyl (C=O) groups excluding carboxylic acids is 1. The molecule has 7 nitrogen and oxygen atoms in total. The minimum Gasteiger partial charge on any atom is -0.496 e. The number of benzene rings is 2. The van der Waals surface area contributed by atoms with Crippen LogP contribution in [0.4, 0.5) is 0 Å². The second-order valence-electron chi connectivity index (χ2n) is 8.46. The molecule has 2 aromatic rings. The molecule has 0 saturated heterocycles. The lowest BCUT2D eigenvalue weighted by atomic mass is 10.1. The lowest BCUT2D eigenvalue weighted by molar-refractivity contribution is 0.0639. The van der Waals surface area contributed by atoms with Gasteiger partial charge in [0, 0.05) is 17.6 Å². The molecule has 0 unspecified atom stereocenters. The number of methoxy groups -OCH3 is 1. The van der Waals surface area contributed by atoms with Crippen LogP contribution in [0.15, 0.2) is 42.5 Å². The number of carbonyl (C=O) groups is 1. The number of ether oxygens (including phenoxy) is 3. The lowest BCUT2D eigenvalue weighted by Crippen LogP contribution is -2.42. The van der Waals surface area contributed by atoms with Crippen molar-refractivity contribution in [2.24, 2.45) is 5.73 Å². The zero-order valence-electron chi connectivity index (χ0n) is 20.4. The Morgan fingerprint density at radius 1 is 0.909 bits per heavy atom. The summed E-state index contributed by atoms with van der Waals surface area (Å²) in [5, 5.41) is 7.41. The fraction of sp³-hybridized carbons (Fsp3) is 0.462. The number of hydrogen-bond acceptors (Lipinski definition) is 5. The molecular formula is C26H37N3O4. The van der Waals surface area contributed by atoms with Gasteiger partial charge >= 0.3 is 0 Å². The van der Waals surface area contributed by atoms with Crippen molar-refractivity contribution in [3.05, 3.63) is 53.6 Å². The summed E-state index contributed by atoms with van der Waals surface area (Å²) in [6.45, 7) is 9.21. The number of amidine groups is 1. The average molecular weight is 456 g/mol. The van der Waals surface area contributed by atoms with Gasteiger partial charge in [-0.15, -0.1) is 0 Å². The standard InChI is InChI=1S/C26H37N3O4/c1-18(2)29(19(3)4)26(30)23-17-22(13-14-24(23)31-5)33-16-8-6-7-15-32-21-11-9-20(10-12-21)25(27)28/h9-14,17-19H,6-8,15-16H2,1-5H3,(H3,27,28). The zero-order valence-corrected chi connectivity index (χ0v) is 20.4. The predicted molar refractivity (Wildman–Crippen MR) is 132 cm³/mol. The number of rotatable bonds is 13. The zero-order chi connectivity index (χ0) is 24.4. The van der Waals surface area contributed by atoms with Crippen molar-refractivity contribution < 1.29 is 19.0 Å². The molecule has 0 aliphatic rings. The van der Waals surface area contributed by atoms with E-state index in [1.807, 2.05) is 50.8 Å². The third kappa shape index (κ3) is 7.70. The summed E-state index contributed by atoms with van der Waals surface area (Å²) in [4.78, 5) is 15.0. The van der Waals surface area contributed by atoms with Crippen LogP contribution in [0, 0.1) is 5.41 Å².